The van der Waals surface area contributed by atoms with Crippen LogP contribution in [0.5, 0.6) is 0 Å². The van der Waals surface area contributed by atoms with E-state index < -0.39 is 36.8 Å². The van der Waals surface area contributed by atoms with Crippen LogP contribution in [0.1, 0.15) is 19.6 Å². The molecule has 24 heavy (non-hydrogen) atoms. The third kappa shape index (κ3) is 4.29. The number of hydrogen-bond donors (Lipinski definition) is 5. The predicted octanol–water partition coefficient (Wildman–Crippen LogP) is -2.21. The largest absolute Gasteiger partial charge is 0.394 e. The van der Waals surface area contributed by atoms with Crippen molar-refractivity contribution in [2.24, 2.45) is 0 Å². The zero-order chi connectivity index (χ0) is 17.7. The van der Waals surface area contributed by atoms with Crippen LogP contribution in [-0.4, -0.2) is 68.8 Å². The fourth-order valence-electron chi connectivity index (χ4n) is 2.38. The molecule has 1 aliphatic heterocycles. The summed E-state index contributed by atoms with van der Waals surface area (Å²) < 4.78 is 6.35. The summed E-state index contributed by atoms with van der Waals surface area (Å²) in [6.45, 7) is 2.00. The molecule has 10 nitrogen and oxygen atoms in total. The van der Waals surface area contributed by atoms with Crippen LogP contribution in [0, 0.1) is 0 Å². The monoisotopic (exact) mass is 342 g/mol. The molecule has 0 saturated carbocycles. The number of aliphatic hydroxyl groups excluding tert-OH is 3. The SMILES string of the molecule is CC(=O)NCCCNc1ccn([C@@H]2O[C@H](CO)[C@@H](O)[C@H]2O)c(=O)n1. The number of ether oxygens (including phenoxy) is 1. The maximum absolute atomic E-state index is 12.1. The Morgan fingerprint density at radius 2 is 2.12 bits per heavy atom. The Kier molecular flexibility index (Phi) is 6.26. The fourth-order valence-corrected chi connectivity index (χ4v) is 2.38. The molecule has 0 bridgehead atoms. The van der Waals surface area contributed by atoms with Crippen molar-refractivity contribution in [3.05, 3.63) is 22.7 Å². The van der Waals surface area contributed by atoms with Crippen molar-refractivity contribution < 1.29 is 24.9 Å². The molecule has 1 aromatic heterocycles. The summed E-state index contributed by atoms with van der Waals surface area (Å²) >= 11 is 0. The number of nitrogens with one attached hydrogen (secondary N) is 2. The van der Waals surface area contributed by atoms with Gasteiger partial charge in [0.15, 0.2) is 6.23 Å². The highest BCUT2D eigenvalue weighted by molar-refractivity contribution is 5.72. The number of amides is 1. The molecule has 2 heterocycles. The number of rotatable bonds is 7. The van der Waals surface area contributed by atoms with Gasteiger partial charge < -0.3 is 30.7 Å². The van der Waals surface area contributed by atoms with E-state index in [1.54, 1.807) is 0 Å². The second kappa shape index (κ2) is 8.20. The van der Waals surface area contributed by atoms with Crippen molar-refractivity contribution in [2.45, 2.75) is 37.9 Å². The van der Waals surface area contributed by atoms with Gasteiger partial charge in [-0.05, 0) is 12.5 Å². The van der Waals surface area contributed by atoms with Gasteiger partial charge in [0.25, 0.3) is 0 Å². The number of nitrogens with zero attached hydrogens (tertiary/aromatic N) is 2. The zero-order valence-corrected chi connectivity index (χ0v) is 13.3. The maximum atomic E-state index is 12.1. The number of hydrogen-bond acceptors (Lipinski definition) is 8. The van der Waals surface area contributed by atoms with Crippen LogP contribution < -0.4 is 16.3 Å². The van der Waals surface area contributed by atoms with Gasteiger partial charge in [-0.15, -0.1) is 0 Å². The minimum atomic E-state index is -1.34. The van der Waals surface area contributed by atoms with Crippen LogP contribution in [0.3, 0.4) is 0 Å². The molecule has 1 amide bonds. The Labute approximate surface area is 138 Å². The van der Waals surface area contributed by atoms with E-state index in [1.165, 1.54) is 19.2 Å². The van der Waals surface area contributed by atoms with Gasteiger partial charge in [0.05, 0.1) is 6.61 Å². The number of anilines is 1. The van der Waals surface area contributed by atoms with E-state index in [0.29, 0.717) is 25.3 Å². The van der Waals surface area contributed by atoms with E-state index in [2.05, 4.69) is 15.6 Å². The van der Waals surface area contributed by atoms with E-state index in [0.717, 1.165) is 4.57 Å². The van der Waals surface area contributed by atoms with Gasteiger partial charge in [-0.1, -0.05) is 0 Å². The third-order valence-corrected chi connectivity index (χ3v) is 3.65. The Morgan fingerprint density at radius 1 is 1.38 bits per heavy atom. The first kappa shape index (κ1) is 18.3. The lowest BCUT2D eigenvalue weighted by Gasteiger charge is -2.17. The van der Waals surface area contributed by atoms with Crippen molar-refractivity contribution >= 4 is 11.7 Å². The predicted molar refractivity (Wildman–Crippen MR) is 83.3 cm³/mol. The highest BCUT2D eigenvalue weighted by Gasteiger charge is 2.43. The molecule has 0 radical (unpaired) electrons. The van der Waals surface area contributed by atoms with Gasteiger partial charge in [0, 0.05) is 26.2 Å². The average Bonchev–Trinajstić information content (AvgIpc) is 2.82. The molecule has 0 aliphatic carbocycles. The first-order valence-corrected chi connectivity index (χ1v) is 7.64. The van der Waals surface area contributed by atoms with Crippen molar-refractivity contribution in [3.8, 4) is 0 Å². The van der Waals surface area contributed by atoms with Gasteiger partial charge >= 0.3 is 5.69 Å². The lowest BCUT2D eigenvalue weighted by atomic mass is 10.1. The Hall–Kier alpha value is -2.01. The molecule has 1 aliphatic rings. The van der Waals surface area contributed by atoms with E-state index in [4.69, 9.17) is 9.84 Å². The first-order valence-electron chi connectivity index (χ1n) is 7.64. The molecule has 2 rings (SSSR count). The van der Waals surface area contributed by atoms with Crippen LogP contribution >= 0.6 is 0 Å². The highest BCUT2D eigenvalue weighted by atomic mass is 16.6. The lowest BCUT2D eigenvalue weighted by molar-refractivity contribution is -0.118. The molecule has 5 N–H and O–H groups in total. The topological polar surface area (TPSA) is 146 Å². The third-order valence-electron chi connectivity index (χ3n) is 3.65. The van der Waals surface area contributed by atoms with Crippen LogP contribution in [0.2, 0.25) is 0 Å². The molecule has 1 aromatic rings. The van der Waals surface area contributed by atoms with Crippen LogP contribution in [-0.2, 0) is 9.53 Å². The summed E-state index contributed by atoms with van der Waals surface area (Å²) in [5.41, 5.74) is -0.656. The summed E-state index contributed by atoms with van der Waals surface area (Å²) in [6.07, 6.45) is -2.61. The summed E-state index contributed by atoms with van der Waals surface area (Å²) in [6, 6.07) is 1.54. The molecular formula is C14H22N4O6. The minimum absolute atomic E-state index is 0.103. The Bertz CT molecular complexity index is 622. The molecule has 1 fully saturated rings. The average molecular weight is 342 g/mol. The van der Waals surface area contributed by atoms with Crippen LogP contribution in [0.25, 0.3) is 0 Å². The fraction of sp³-hybridized carbons (Fsp3) is 0.643. The molecule has 1 saturated heterocycles. The molecular weight excluding hydrogens is 320 g/mol. The summed E-state index contributed by atoms with van der Waals surface area (Å²) in [4.78, 5) is 26.6. The standard InChI is InChI=1S/C14H22N4O6/c1-8(20)15-4-2-5-16-10-3-6-18(14(23)17-10)13-12(22)11(21)9(7-19)24-13/h3,6,9,11-13,19,21-22H,2,4-5,7H2,1H3,(H,15,20)(H,16,17,23)/t9-,11-,12-,13-/m1/s1. The minimum Gasteiger partial charge on any atom is -0.394 e. The van der Waals surface area contributed by atoms with Crippen molar-refractivity contribution in [1.29, 1.82) is 0 Å². The van der Waals surface area contributed by atoms with Gasteiger partial charge in [-0.25, -0.2) is 4.79 Å². The number of carbonyl (C=O) groups is 1. The molecule has 0 spiro atoms. The molecule has 0 aromatic carbocycles. The Balaban J connectivity index is 1.95. The van der Waals surface area contributed by atoms with E-state index in [1.807, 2.05) is 0 Å². The summed E-state index contributed by atoms with van der Waals surface area (Å²) in [5, 5.41) is 34.3. The first-order chi connectivity index (χ1) is 11.4. The molecule has 4 atom stereocenters. The van der Waals surface area contributed by atoms with Crippen molar-refractivity contribution in [3.63, 3.8) is 0 Å². The van der Waals surface area contributed by atoms with E-state index in [-0.39, 0.29) is 5.91 Å². The summed E-state index contributed by atoms with van der Waals surface area (Å²) in [7, 11) is 0. The van der Waals surface area contributed by atoms with E-state index >= 15 is 0 Å². The highest BCUT2D eigenvalue weighted by Crippen LogP contribution is 2.28. The summed E-state index contributed by atoms with van der Waals surface area (Å²) in [5.74, 6) is 0.250. The maximum Gasteiger partial charge on any atom is 0.351 e. The van der Waals surface area contributed by atoms with Crippen molar-refractivity contribution in [1.82, 2.24) is 14.9 Å². The zero-order valence-electron chi connectivity index (χ0n) is 13.3. The lowest BCUT2D eigenvalue weighted by Crippen LogP contribution is -2.36. The van der Waals surface area contributed by atoms with Crippen molar-refractivity contribution in [2.75, 3.05) is 25.0 Å². The number of carbonyl (C=O) groups excluding carboxylic acids is 1. The second-order valence-electron chi connectivity index (χ2n) is 5.49. The number of aliphatic hydroxyl groups is 3. The molecule has 134 valence electrons. The molecule has 10 heteroatoms. The van der Waals surface area contributed by atoms with Gasteiger partial charge in [-0.2, -0.15) is 4.98 Å². The smallest absolute Gasteiger partial charge is 0.351 e. The normalized spacial score (nSPS) is 26.3. The second-order valence-corrected chi connectivity index (χ2v) is 5.49. The van der Waals surface area contributed by atoms with Crippen LogP contribution in [0.15, 0.2) is 17.1 Å². The van der Waals surface area contributed by atoms with Gasteiger partial charge in [0.2, 0.25) is 5.91 Å². The van der Waals surface area contributed by atoms with Gasteiger partial charge in [-0.3, -0.25) is 9.36 Å². The number of aromatic nitrogens is 2. The van der Waals surface area contributed by atoms with Gasteiger partial charge in [0.1, 0.15) is 24.1 Å². The Morgan fingerprint density at radius 3 is 2.71 bits per heavy atom. The van der Waals surface area contributed by atoms with Crippen LogP contribution in [0.4, 0.5) is 5.82 Å². The quantitative estimate of drug-likeness (QED) is 0.351. The van der Waals surface area contributed by atoms with E-state index in [9.17, 15) is 19.8 Å². The molecule has 0 unspecified atom stereocenters.